The molecule has 0 aliphatic rings. The number of hydrogen-bond donors (Lipinski definition) is 1. The topological polar surface area (TPSA) is 12.0 Å². The van der Waals surface area contributed by atoms with Gasteiger partial charge in [-0.2, -0.15) is 0 Å². The Morgan fingerprint density at radius 2 is 2.13 bits per heavy atom. The summed E-state index contributed by atoms with van der Waals surface area (Å²) in [5.41, 5.74) is 0. The molecule has 2 atom stereocenters. The van der Waals surface area contributed by atoms with E-state index in [9.17, 15) is 0 Å². The lowest BCUT2D eigenvalue weighted by Crippen LogP contribution is -2.25. The molecule has 3 heteroatoms. The highest BCUT2D eigenvalue weighted by molar-refractivity contribution is 9.10. The molecular weight excluding hydrogens is 270 g/mol. The molecule has 0 saturated carbocycles. The summed E-state index contributed by atoms with van der Waals surface area (Å²) in [7, 11) is 0. The van der Waals surface area contributed by atoms with Crippen LogP contribution >= 0.6 is 27.3 Å². The molecule has 1 aromatic heterocycles. The van der Waals surface area contributed by atoms with Gasteiger partial charge in [0.25, 0.3) is 0 Å². The van der Waals surface area contributed by atoms with E-state index in [-0.39, 0.29) is 0 Å². The largest absolute Gasteiger partial charge is 0.317 e. The number of nitrogens with one attached hydrogen (secondary N) is 1. The van der Waals surface area contributed by atoms with Crippen LogP contribution in [0.3, 0.4) is 0 Å². The van der Waals surface area contributed by atoms with Gasteiger partial charge in [0, 0.05) is 9.35 Å². The number of thiophene rings is 1. The summed E-state index contributed by atoms with van der Waals surface area (Å²) in [6.07, 6.45) is 1.19. The van der Waals surface area contributed by atoms with Crippen molar-refractivity contribution < 1.29 is 0 Å². The average molecular weight is 290 g/mol. The Morgan fingerprint density at radius 1 is 1.40 bits per heavy atom. The Labute approximate surface area is 105 Å². The molecule has 0 aromatic carbocycles. The smallest absolute Gasteiger partial charge is 0.0314 e. The van der Waals surface area contributed by atoms with E-state index in [4.69, 9.17) is 0 Å². The molecule has 1 aromatic rings. The van der Waals surface area contributed by atoms with Gasteiger partial charge in [-0.25, -0.2) is 0 Å². The predicted octanol–water partition coefficient (Wildman–Crippen LogP) is 3.93. The van der Waals surface area contributed by atoms with E-state index in [1.54, 1.807) is 0 Å². The van der Waals surface area contributed by atoms with Crippen LogP contribution in [0.5, 0.6) is 0 Å². The van der Waals surface area contributed by atoms with Crippen molar-refractivity contribution in [3.63, 3.8) is 0 Å². The highest BCUT2D eigenvalue weighted by Gasteiger charge is 2.14. The fraction of sp³-hybridized carbons (Fsp3) is 0.667. The van der Waals surface area contributed by atoms with E-state index in [2.05, 4.69) is 53.5 Å². The van der Waals surface area contributed by atoms with Crippen LogP contribution in [0.25, 0.3) is 0 Å². The highest BCUT2D eigenvalue weighted by atomic mass is 79.9. The zero-order valence-electron chi connectivity index (χ0n) is 9.72. The quantitative estimate of drug-likeness (QED) is 0.837. The molecule has 0 spiro atoms. The molecular formula is C12H20BrNS. The van der Waals surface area contributed by atoms with Crippen LogP contribution in [-0.4, -0.2) is 13.1 Å². The maximum absolute atomic E-state index is 3.59. The van der Waals surface area contributed by atoms with Gasteiger partial charge in [0.2, 0.25) is 0 Å². The Hall–Kier alpha value is 0.140. The molecule has 1 rings (SSSR count). The second-order valence-electron chi connectivity index (χ2n) is 4.16. The van der Waals surface area contributed by atoms with Crippen molar-refractivity contribution >= 4 is 27.3 Å². The van der Waals surface area contributed by atoms with Gasteiger partial charge in [-0.1, -0.05) is 20.8 Å². The summed E-state index contributed by atoms with van der Waals surface area (Å²) < 4.78 is 1.27. The van der Waals surface area contributed by atoms with Crippen LogP contribution in [0, 0.1) is 11.8 Å². The lowest BCUT2D eigenvalue weighted by molar-refractivity contribution is 0.369. The molecule has 86 valence electrons. The maximum Gasteiger partial charge on any atom is 0.0314 e. The van der Waals surface area contributed by atoms with Crippen LogP contribution in [-0.2, 0) is 6.42 Å². The molecule has 1 N–H and O–H groups in total. The normalized spacial score (nSPS) is 15.2. The molecule has 15 heavy (non-hydrogen) atoms. The van der Waals surface area contributed by atoms with Crippen molar-refractivity contribution in [1.82, 2.24) is 5.32 Å². The summed E-state index contributed by atoms with van der Waals surface area (Å²) in [5, 5.41) is 5.57. The molecule has 0 aliphatic heterocycles. The molecule has 2 unspecified atom stereocenters. The first kappa shape index (κ1) is 13.2. The van der Waals surface area contributed by atoms with Crippen molar-refractivity contribution in [2.75, 3.05) is 13.1 Å². The molecule has 0 amide bonds. The van der Waals surface area contributed by atoms with E-state index in [0.29, 0.717) is 0 Å². The lowest BCUT2D eigenvalue weighted by Gasteiger charge is -2.19. The molecule has 0 saturated heterocycles. The molecule has 1 heterocycles. The number of rotatable bonds is 6. The fourth-order valence-electron chi connectivity index (χ4n) is 1.54. The SMILES string of the molecule is CCNCC(C)C(C)Cc1sccc1Br. The Balaban J connectivity index is 2.41. The van der Waals surface area contributed by atoms with E-state index in [1.807, 2.05) is 11.3 Å². The molecule has 0 aliphatic carbocycles. The summed E-state index contributed by atoms with van der Waals surface area (Å²) in [5.74, 6) is 1.47. The summed E-state index contributed by atoms with van der Waals surface area (Å²) in [6, 6.07) is 2.14. The zero-order chi connectivity index (χ0) is 11.3. The van der Waals surface area contributed by atoms with Crippen LogP contribution < -0.4 is 5.32 Å². The van der Waals surface area contributed by atoms with Crippen molar-refractivity contribution in [3.05, 3.63) is 20.8 Å². The molecule has 0 radical (unpaired) electrons. The first-order valence-electron chi connectivity index (χ1n) is 5.57. The van der Waals surface area contributed by atoms with Gasteiger partial charge >= 0.3 is 0 Å². The zero-order valence-corrected chi connectivity index (χ0v) is 12.1. The third kappa shape index (κ3) is 4.25. The van der Waals surface area contributed by atoms with Crippen molar-refractivity contribution in [3.8, 4) is 0 Å². The van der Waals surface area contributed by atoms with E-state index >= 15 is 0 Å². The monoisotopic (exact) mass is 289 g/mol. The van der Waals surface area contributed by atoms with Crippen LogP contribution in [0.1, 0.15) is 25.6 Å². The van der Waals surface area contributed by atoms with Gasteiger partial charge in [-0.3, -0.25) is 0 Å². The molecule has 0 fully saturated rings. The van der Waals surface area contributed by atoms with Gasteiger partial charge in [-0.15, -0.1) is 11.3 Å². The van der Waals surface area contributed by atoms with E-state index < -0.39 is 0 Å². The summed E-state index contributed by atoms with van der Waals surface area (Å²) >= 11 is 5.44. The molecule has 0 bridgehead atoms. The van der Waals surface area contributed by atoms with Crippen molar-refractivity contribution in [2.45, 2.75) is 27.2 Å². The van der Waals surface area contributed by atoms with Gasteiger partial charge in [0.1, 0.15) is 0 Å². The highest BCUT2D eigenvalue weighted by Crippen LogP contribution is 2.27. The van der Waals surface area contributed by atoms with Crippen molar-refractivity contribution in [2.24, 2.45) is 11.8 Å². The third-order valence-corrected chi connectivity index (χ3v) is 4.83. The first-order chi connectivity index (χ1) is 7.15. The maximum atomic E-state index is 3.59. The van der Waals surface area contributed by atoms with Crippen LogP contribution in [0.2, 0.25) is 0 Å². The van der Waals surface area contributed by atoms with Gasteiger partial charge in [0.15, 0.2) is 0 Å². The number of halogens is 1. The standard InChI is InChI=1S/C12H20BrNS/c1-4-14-8-10(3)9(2)7-12-11(13)5-6-15-12/h5-6,9-10,14H,4,7-8H2,1-3H3. The third-order valence-electron chi connectivity index (χ3n) is 2.89. The predicted molar refractivity (Wildman–Crippen MR) is 72.6 cm³/mol. The van der Waals surface area contributed by atoms with Gasteiger partial charge < -0.3 is 5.32 Å². The minimum atomic E-state index is 0.735. The average Bonchev–Trinajstić information content (AvgIpc) is 2.61. The Kier molecular flexibility index (Phi) is 5.87. The van der Waals surface area contributed by atoms with Gasteiger partial charge in [0.05, 0.1) is 0 Å². The van der Waals surface area contributed by atoms with Gasteiger partial charge in [-0.05, 0) is 58.7 Å². The minimum absolute atomic E-state index is 0.735. The van der Waals surface area contributed by atoms with E-state index in [0.717, 1.165) is 24.9 Å². The minimum Gasteiger partial charge on any atom is -0.317 e. The Bertz CT molecular complexity index is 285. The second kappa shape index (κ2) is 6.66. The first-order valence-corrected chi connectivity index (χ1v) is 7.25. The molecule has 1 nitrogen and oxygen atoms in total. The van der Waals surface area contributed by atoms with Crippen LogP contribution in [0.4, 0.5) is 0 Å². The Morgan fingerprint density at radius 3 is 2.67 bits per heavy atom. The second-order valence-corrected chi connectivity index (χ2v) is 6.01. The lowest BCUT2D eigenvalue weighted by atomic mass is 9.92. The van der Waals surface area contributed by atoms with Crippen LogP contribution in [0.15, 0.2) is 15.9 Å². The summed E-state index contributed by atoms with van der Waals surface area (Å²) in [4.78, 5) is 1.48. The summed E-state index contributed by atoms with van der Waals surface area (Å²) in [6.45, 7) is 9.02. The van der Waals surface area contributed by atoms with E-state index in [1.165, 1.54) is 15.8 Å². The fourth-order valence-corrected chi connectivity index (χ4v) is 3.20. The number of hydrogen-bond acceptors (Lipinski definition) is 2. The van der Waals surface area contributed by atoms with Crippen molar-refractivity contribution in [1.29, 1.82) is 0 Å².